The van der Waals surface area contributed by atoms with Gasteiger partial charge in [0.2, 0.25) is 0 Å². The third-order valence-electron chi connectivity index (χ3n) is 2.06. The van der Waals surface area contributed by atoms with Crippen LogP contribution in [-0.4, -0.2) is 12.1 Å². The van der Waals surface area contributed by atoms with Gasteiger partial charge in [-0.25, -0.2) is 4.39 Å². The van der Waals surface area contributed by atoms with Crippen LogP contribution < -0.4 is 11.5 Å². The van der Waals surface area contributed by atoms with Gasteiger partial charge in [0.1, 0.15) is 5.82 Å². The van der Waals surface area contributed by atoms with Crippen LogP contribution in [0.3, 0.4) is 0 Å². The summed E-state index contributed by atoms with van der Waals surface area (Å²) in [6.45, 7) is 1.87. The Hall–Kier alpha value is -0.930. The topological polar surface area (TPSA) is 52.0 Å². The number of nitrogens with two attached hydrogens (primary N) is 2. The Balaban J connectivity index is 2.59. The maximum Gasteiger partial charge on any atom is 0.123 e. The fourth-order valence-electron chi connectivity index (χ4n) is 1.08. The smallest absolute Gasteiger partial charge is 0.123 e. The van der Waals surface area contributed by atoms with Gasteiger partial charge in [-0.2, -0.15) is 0 Å². The normalized spacial score (nSPS) is 15.4. The second-order valence-corrected chi connectivity index (χ2v) is 3.35. The van der Waals surface area contributed by atoms with E-state index in [0.29, 0.717) is 6.42 Å². The molecule has 0 saturated heterocycles. The first-order chi connectivity index (χ1) is 6.09. The second-order valence-electron chi connectivity index (χ2n) is 3.35. The van der Waals surface area contributed by atoms with Crippen molar-refractivity contribution in [2.75, 3.05) is 0 Å². The molecular weight excluding hydrogens is 167 g/mol. The molecule has 0 saturated carbocycles. The van der Waals surface area contributed by atoms with Gasteiger partial charge >= 0.3 is 0 Å². The molecule has 0 bridgehead atoms. The Morgan fingerprint density at radius 2 is 1.77 bits per heavy atom. The van der Waals surface area contributed by atoms with Crippen LogP contribution in [0.2, 0.25) is 0 Å². The van der Waals surface area contributed by atoms with Gasteiger partial charge < -0.3 is 11.5 Å². The Morgan fingerprint density at radius 3 is 2.23 bits per heavy atom. The summed E-state index contributed by atoms with van der Waals surface area (Å²) >= 11 is 0. The van der Waals surface area contributed by atoms with Gasteiger partial charge in [0.05, 0.1) is 0 Å². The van der Waals surface area contributed by atoms with Crippen molar-refractivity contribution in [2.45, 2.75) is 25.4 Å². The van der Waals surface area contributed by atoms with Crippen LogP contribution in [-0.2, 0) is 6.42 Å². The highest BCUT2D eigenvalue weighted by Gasteiger charge is 2.08. The zero-order valence-electron chi connectivity index (χ0n) is 7.70. The van der Waals surface area contributed by atoms with Crippen LogP contribution in [0, 0.1) is 5.82 Å². The quantitative estimate of drug-likeness (QED) is 0.734. The largest absolute Gasteiger partial charge is 0.327 e. The van der Waals surface area contributed by atoms with Crippen molar-refractivity contribution in [3.8, 4) is 0 Å². The molecule has 0 aliphatic carbocycles. The average Bonchev–Trinajstić information content (AvgIpc) is 2.08. The molecule has 3 heteroatoms. The molecule has 0 amide bonds. The standard InChI is InChI=1S/C10H15FN2/c1-7(12)10(13)6-8-2-4-9(11)5-3-8/h2-5,7,10H,6,12-13H2,1H3. The molecule has 13 heavy (non-hydrogen) atoms. The van der Waals surface area contributed by atoms with Gasteiger partial charge in [-0.3, -0.25) is 0 Å². The van der Waals surface area contributed by atoms with E-state index in [1.165, 1.54) is 12.1 Å². The Bertz CT molecular complexity index is 256. The van der Waals surface area contributed by atoms with Crippen LogP contribution in [0.5, 0.6) is 0 Å². The molecule has 1 aromatic carbocycles. The summed E-state index contributed by atoms with van der Waals surface area (Å²) in [6.07, 6.45) is 0.692. The Morgan fingerprint density at radius 1 is 1.23 bits per heavy atom. The van der Waals surface area contributed by atoms with Gasteiger partial charge in [-0.05, 0) is 31.0 Å². The zero-order chi connectivity index (χ0) is 9.84. The molecule has 2 nitrogen and oxygen atoms in total. The maximum absolute atomic E-state index is 12.5. The summed E-state index contributed by atoms with van der Waals surface area (Å²) in [5.41, 5.74) is 12.4. The molecule has 72 valence electrons. The first-order valence-electron chi connectivity index (χ1n) is 4.35. The van der Waals surface area contributed by atoms with Gasteiger partial charge in [0.15, 0.2) is 0 Å². The van der Waals surface area contributed by atoms with Crippen molar-refractivity contribution in [1.82, 2.24) is 0 Å². The third kappa shape index (κ3) is 3.13. The van der Waals surface area contributed by atoms with Gasteiger partial charge in [-0.1, -0.05) is 12.1 Å². The summed E-state index contributed by atoms with van der Waals surface area (Å²) in [5, 5.41) is 0. The molecule has 0 spiro atoms. The first-order valence-corrected chi connectivity index (χ1v) is 4.35. The molecule has 0 aliphatic heterocycles. The summed E-state index contributed by atoms with van der Waals surface area (Å²) < 4.78 is 12.5. The lowest BCUT2D eigenvalue weighted by atomic mass is 10.0. The maximum atomic E-state index is 12.5. The van der Waals surface area contributed by atoms with Crippen LogP contribution in [0.25, 0.3) is 0 Å². The molecule has 0 radical (unpaired) electrons. The lowest BCUT2D eigenvalue weighted by Crippen LogP contribution is -2.40. The minimum atomic E-state index is -0.224. The molecule has 2 atom stereocenters. The van der Waals surface area contributed by atoms with Crippen LogP contribution in [0.15, 0.2) is 24.3 Å². The van der Waals surface area contributed by atoms with Crippen molar-refractivity contribution in [3.63, 3.8) is 0 Å². The molecular formula is C10H15FN2. The van der Waals surface area contributed by atoms with E-state index in [2.05, 4.69) is 0 Å². The molecule has 1 aromatic rings. The lowest BCUT2D eigenvalue weighted by Gasteiger charge is -2.15. The van der Waals surface area contributed by atoms with Crippen molar-refractivity contribution < 1.29 is 4.39 Å². The number of halogens is 1. The number of rotatable bonds is 3. The summed E-state index contributed by atoms with van der Waals surface area (Å²) in [7, 11) is 0. The fourth-order valence-corrected chi connectivity index (χ4v) is 1.08. The molecule has 0 aliphatic rings. The van der Waals surface area contributed by atoms with Crippen molar-refractivity contribution in [3.05, 3.63) is 35.6 Å². The van der Waals surface area contributed by atoms with Crippen LogP contribution in [0.4, 0.5) is 4.39 Å². The predicted octanol–water partition coefficient (Wildman–Crippen LogP) is 1.04. The van der Waals surface area contributed by atoms with Crippen molar-refractivity contribution in [1.29, 1.82) is 0 Å². The molecule has 2 unspecified atom stereocenters. The van der Waals surface area contributed by atoms with E-state index < -0.39 is 0 Å². The molecule has 0 aromatic heterocycles. The number of hydrogen-bond acceptors (Lipinski definition) is 2. The molecule has 0 heterocycles. The first kappa shape index (κ1) is 10.2. The van der Waals surface area contributed by atoms with Gasteiger partial charge in [0, 0.05) is 12.1 Å². The fraction of sp³-hybridized carbons (Fsp3) is 0.400. The second kappa shape index (κ2) is 4.35. The van der Waals surface area contributed by atoms with Gasteiger partial charge in [0.25, 0.3) is 0 Å². The lowest BCUT2D eigenvalue weighted by molar-refractivity contribution is 0.556. The summed E-state index contributed by atoms with van der Waals surface area (Å²) in [6, 6.07) is 6.23. The highest BCUT2D eigenvalue weighted by atomic mass is 19.1. The predicted molar refractivity (Wildman–Crippen MR) is 51.7 cm³/mol. The zero-order valence-corrected chi connectivity index (χ0v) is 7.70. The van der Waals surface area contributed by atoms with E-state index in [9.17, 15) is 4.39 Å². The monoisotopic (exact) mass is 182 g/mol. The number of hydrogen-bond donors (Lipinski definition) is 2. The van der Waals surface area contributed by atoms with E-state index in [1.807, 2.05) is 6.92 Å². The highest BCUT2D eigenvalue weighted by molar-refractivity contribution is 5.17. The van der Waals surface area contributed by atoms with E-state index in [1.54, 1.807) is 12.1 Å². The molecule has 4 N–H and O–H groups in total. The Labute approximate surface area is 77.7 Å². The van der Waals surface area contributed by atoms with Crippen LogP contribution >= 0.6 is 0 Å². The van der Waals surface area contributed by atoms with E-state index in [0.717, 1.165) is 5.56 Å². The minimum Gasteiger partial charge on any atom is -0.327 e. The van der Waals surface area contributed by atoms with E-state index in [-0.39, 0.29) is 17.9 Å². The average molecular weight is 182 g/mol. The molecule has 0 fully saturated rings. The van der Waals surface area contributed by atoms with Crippen LogP contribution in [0.1, 0.15) is 12.5 Å². The van der Waals surface area contributed by atoms with Crippen molar-refractivity contribution in [2.24, 2.45) is 11.5 Å². The third-order valence-corrected chi connectivity index (χ3v) is 2.06. The number of benzene rings is 1. The minimum absolute atomic E-state index is 0.0370. The van der Waals surface area contributed by atoms with E-state index in [4.69, 9.17) is 11.5 Å². The molecule has 1 rings (SSSR count). The Kier molecular flexibility index (Phi) is 3.39. The van der Waals surface area contributed by atoms with E-state index >= 15 is 0 Å². The van der Waals surface area contributed by atoms with Gasteiger partial charge in [-0.15, -0.1) is 0 Å². The highest BCUT2D eigenvalue weighted by Crippen LogP contribution is 2.05. The summed E-state index contributed by atoms with van der Waals surface area (Å²) in [4.78, 5) is 0. The SMILES string of the molecule is CC(N)C(N)Cc1ccc(F)cc1. The van der Waals surface area contributed by atoms with Crippen molar-refractivity contribution >= 4 is 0 Å². The summed E-state index contributed by atoms with van der Waals surface area (Å²) in [5.74, 6) is -0.224.